The molecule has 1 atom stereocenters. The molecule has 0 heterocycles. The maximum Gasteiger partial charge on any atom is 0.150 e. The number of ether oxygens (including phenoxy) is 1. The number of hydrogen-bond donors (Lipinski definition) is 2. The number of likely N-dealkylation sites (N-methyl/N-ethyl adjacent to an activating group) is 1. The molecule has 0 radical (unpaired) electrons. The normalized spacial score (nSPS) is 12.2. The van der Waals surface area contributed by atoms with E-state index in [1.807, 2.05) is 0 Å². The average molecular weight is 209 g/mol. The lowest BCUT2D eigenvalue weighted by molar-refractivity contribution is 0.111. The molecule has 1 rings (SSSR count). The lowest BCUT2D eigenvalue weighted by atomic mass is 10.0. The van der Waals surface area contributed by atoms with Crippen molar-refractivity contribution < 1.29 is 14.6 Å². The number of nitrogens with one attached hydrogen (secondary N) is 1. The monoisotopic (exact) mass is 209 g/mol. The molecule has 0 aliphatic rings. The Morgan fingerprint density at radius 2 is 2.33 bits per heavy atom. The molecule has 4 heteroatoms. The van der Waals surface area contributed by atoms with Gasteiger partial charge in [0.1, 0.15) is 5.75 Å². The Hall–Kier alpha value is -1.39. The second-order valence-electron chi connectivity index (χ2n) is 3.19. The van der Waals surface area contributed by atoms with Gasteiger partial charge in [0.05, 0.1) is 13.2 Å². The molecule has 1 aromatic carbocycles. The van der Waals surface area contributed by atoms with Gasteiger partial charge in [0.2, 0.25) is 0 Å². The zero-order chi connectivity index (χ0) is 11.3. The van der Waals surface area contributed by atoms with Gasteiger partial charge in [-0.25, -0.2) is 0 Å². The van der Waals surface area contributed by atoms with E-state index in [1.165, 1.54) is 7.11 Å². The molecule has 4 nitrogen and oxygen atoms in total. The molecule has 0 spiro atoms. The molecule has 82 valence electrons. The standard InChI is InChI=1S/C11H15NO3/c1-12-6-11(14)10-4-3-9(15-2)5-8(10)7-13/h3-5,7,11-12,14H,6H2,1-2H3. The third-order valence-corrected chi connectivity index (χ3v) is 2.18. The van der Waals surface area contributed by atoms with Crippen LogP contribution in [-0.4, -0.2) is 32.1 Å². The smallest absolute Gasteiger partial charge is 0.150 e. The third kappa shape index (κ3) is 2.78. The van der Waals surface area contributed by atoms with E-state index in [4.69, 9.17) is 4.74 Å². The Morgan fingerprint density at radius 1 is 1.60 bits per heavy atom. The zero-order valence-corrected chi connectivity index (χ0v) is 8.86. The Morgan fingerprint density at radius 3 is 2.87 bits per heavy atom. The summed E-state index contributed by atoms with van der Waals surface area (Å²) in [6.45, 7) is 0.410. The van der Waals surface area contributed by atoms with Crippen LogP contribution in [0.2, 0.25) is 0 Å². The van der Waals surface area contributed by atoms with E-state index in [-0.39, 0.29) is 0 Å². The van der Waals surface area contributed by atoms with Crippen molar-refractivity contribution in [1.29, 1.82) is 0 Å². The number of carbonyl (C=O) groups is 1. The van der Waals surface area contributed by atoms with E-state index < -0.39 is 6.10 Å². The van der Waals surface area contributed by atoms with Crippen molar-refractivity contribution in [1.82, 2.24) is 5.32 Å². The molecule has 0 aliphatic heterocycles. The Labute approximate surface area is 88.9 Å². The topological polar surface area (TPSA) is 58.6 Å². The molecule has 1 aromatic rings. The Bertz CT molecular complexity index is 339. The molecule has 0 saturated heterocycles. The fourth-order valence-electron chi connectivity index (χ4n) is 1.39. The van der Waals surface area contributed by atoms with E-state index in [0.717, 1.165) is 6.29 Å². The van der Waals surface area contributed by atoms with Crippen LogP contribution in [0, 0.1) is 0 Å². The molecular formula is C11H15NO3. The van der Waals surface area contributed by atoms with E-state index >= 15 is 0 Å². The summed E-state index contributed by atoms with van der Waals surface area (Å²) in [7, 11) is 3.28. The average Bonchev–Trinajstić information content (AvgIpc) is 2.28. The largest absolute Gasteiger partial charge is 0.497 e. The number of methoxy groups -OCH3 is 1. The van der Waals surface area contributed by atoms with Crippen molar-refractivity contribution in [2.45, 2.75) is 6.10 Å². The molecule has 0 aromatic heterocycles. The summed E-state index contributed by atoms with van der Waals surface area (Å²) in [5.41, 5.74) is 1.07. The number of rotatable bonds is 5. The van der Waals surface area contributed by atoms with Crippen LogP contribution < -0.4 is 10.1 Å². The van der Waals surface area contributed by atoms with E-state index in [2.05, 4.69) is 5.32 Å². The van der Waals surface area contributed by atoms with Gasteiger partial charge < -0.3 is 15.2 Å². The third-order valence-electron chi connectivity index (χ3n) is 2.18. The highest BCUT2D eigenvalue weighted by Gasteiger charge is 2.11. The first kappa shape index (κ1) is 11.7. The molecule has 0 aliphatic carbocycles. The highest BCUT2D eigenvalue weighted by molar-refractivity contribution is 5.78. The summed E-state index contributed by atoms with van der Waals surface area (Å²) < 4.78 is 5.00. The predicted octanol–water partition coefficient (Wildman–Crippen LogP) is 0.761. The summed E-state index contributed by atoms with van der Waals surface area (Å²) >= 11 is 0. The zero-order valence-electron chi connectivity index (χ0n) is 8.86. The minimum atomic E-state index is -0.680. The number of aliphatic hydroxyl groups excluding tert-OH is 1. The van der Waals surface area contributed by atoms with Crippen LogP contribution in [-0.2, 0) is 0 Å². The van der Waals surface area contributed by atoms with Crippen LogP contribution >= 0.6 is 0 Å². The first-order valence-electron chi connectivity index (χ1n) is 4.68. The number of aldehydes is 1. The molecule has 15 heavy (non-hydrogen) atoms. The van der Waals surface area contributed by atoms with Crippen molar-refractivity contribution in [3.63, 3.8) is 0 Å². The quantitative estimate of drug-likeness (QED) is 0.703. The van der Waals surface area contributed by atoms with E-state index in [0.29, 0.717) is 23.4 Å². The van der Waals surface area contributed by atoms with Crippen LogP contribution in [0.1, 0.15) is 22.0 Å². The fourth-order valence-corrected chi connectivity index (χ4v) is 1.39. The molecule has 1 unspecified atom stereocenters. The minimum absolute atomic E-state index is 0.410. The van der Waals surface area contributed by atoms with Crippen molar-refractivity contribution in [2.75, 3.05) is 20.7 Å². The summed E-state index contributed by atoms with van der Waals surface area (Å²) in [4.78, 5) is 10.8. The highest BCUT2D eigenvalue weighted by Crippen LogP contribution is 2.21. The molecule has 2 N–H and O–H groups in total. The van der Waals surface area contributed by atoms with E-state index in [9.17, 15) is 9.90 Å². The Balaban J connectivity index is 3.01. The molecule has 0 saturated carbocycles. The summed E-state index contributed by atoms with van der Waals surface area (Å²) in [6, 6.07) is 5.03. The summed E-state index contributed by atoms with van der Waals surface area (Å²) in [5.74, 6) is 0.609. The number of aliphatic hydroxyl groups is 1. The lowest BCUT2D eigenvalue weighted by Gasteiger charge is -2.13. The molecule has 0 amide bonds. The van der Waals surface area contributed by atoms with Gasteiger partial charge in [-0.05, 0) is 24.7 Å². The van der Waals surface area contributed by atoms with Gasteiger partial charge >= 0.3 is 0 Å². The lowest BCUT2D eigenvalue weighted by Crippen LogP contribution is -2.17. The maximum absolute atomic E-state index is 10.8. The predicted molar refractivity (Wildman–Crippen MR) is 57.3 cm³/mol. The first-order chi connectivity index (χ1) is 7.22. The Kier molecular flexibility index (Phi) is 4.27. The van der Waals surface area contributed by atoms with Gasteiger partial charge in [0.25, 0.3) is 0 Å². The van der Waals surface area contributed by atoms with Gasteiger partial charge in [-0.1, -0.05) is 6.07 Å². The molecule has 0 bridgehead atoms. The SMILES string of the molecule is CNCC(O)c1ccc(OC)cc1C=O. The summed E-state index contributed by atoms with van der Waals surface area (Å²) in [6.07, 6.45) is 0.0395. The second kappa shape index (κ2) is 5.48. The van der Waals surface area contributed by atoms with Crippen LogP contribution in [0.5, 0.6) is 5.75 Å². The fraction of sp³-hybridized carbons (Fsp3) is 0.364. The van der Waals surface area contributed by atoms with Gasteiger partial charge in [-0.3, -0.25) is 4.79 Å². The van der Waals surface area contributed by atoms with Gasteiger partial charge in [-0.2, -0.15) is 0 Å². The van der Waals surface area contributed by atoms with Crippen molar-refractivity contribution in [3.05, 3.63) is 29.3 Å². The van der Waals surface area contributed by atoms with Gasteiger partial charge in [0.15, 0.2) is 6.29 Å². The van der Waals surface area contributed by atoms with Crippen LogP contribution in [0.25, 0.3) is 0 Å². The van der Waals surface area contributed by atoms with Crippen molar-refractivity contribution in [3.8, 4) is 5.75 Å². The molecular weight excluding hydrogens is 194 g/mol. The van der Waals surface area contributed by atoms with Crippen LogP contribution in [0.4, 0.5) is 0 Å². The highest BCUT2D eigenvalue weighted by atomic mass is 16.5. The number of benzene rings is 1. The number of hydrogen-bond acceptors (Lipinski definition) is 4. The van der Waals surface area contributed by atoms with Crippen molar-refractivity contribution in [2.24, 2.45) is 0 Å². The summed E-state index contributed by atoms with van der Waals surface area (Å²) in [5, 5.41) is 12.6. The van der Waals surface area contributed by atoms with Gasteiger partial charge in [0, 0.05) is 12.1 Å². The van der Waals surface area contributed by atoms with Gasteiger partial charge in [-0.15, -0.1) is 0 Å². The van der Waals surface area contributed by atoms with E-state index in [1.54, 1.807) is 25.2 Å². The maximum atomic E-state index is 10.8. The van der Waals surface area contributed by atoms with Crippen LogP contribution in [0.15, 0.2) is 18.2 Å². The van der Waals surface area contributed by atoms with Crippen molar-refractivity contribution >= 4 is 6.29 Å². The van der Waals surface area contributed by atoms with Crippen LogP contribution in [0.3, 0.4) is 0 Å². The first-order valence-corrected chi connectivity index (χ1v) is 4.68. The molecule has 0 fully saturated rings. The second-order valence-corrected chi connectivity index (χ2v) is 3.19. The minimum Gasteiger partial charge on any atom is -0.497 e. The number of carbonyl (C=O) groups excluding carboxylic acids is 1.